The maximum absolute atomic E-state index is 13.8. The summed E-state index contributed by atoms with van der Waals surface area (Å²) in [6.45, 7) is -0.0564. The number of nitro groups is 1. The molecule has 0 radical (unpaired) electrons. The molecular weight excluding hydrogens is 415 g/mol. The van der Waals surface area contributed by atoms with Crippen molar-refractivity contribution in [3.8, 4) is 0 Å². The molecule has 3 rings (SSSR count). The number of nitro benzene ring substituents is 1. The highest BCUT2D eigenvalue weighted by Crippen LogP contribution is 2.22. The van der Waals surface area contributed by atoms with Crippen molar-refractivity contribution in [2.75, 3.05) is 26.2 Å². The number of aromatic nitrogens is 1. The Balaban J connectivity index is 1.74. The zero-order valence-electron chi connectivity index (χ0n) is 14.3. The second-order valence-electron chi connectivity index (χ2n) is 5.92. The molecule has 0 atom stereocenters. The molecule has 0 bridgehead atoms. The molecular formula is C16H14ClFN4O5S. The van der Waals surface area contributed by atoms with Crippen LogP contribution in [-0.2, 0) is 10.0 Å². The van der Waals surface area contributed by atoms with Crippen LogP contribution in [0.25, 0.3) is 0 Å². The van der Waals surface area contributed by atoms with Crippen molar-refractivity contribution in [2.24, 2.45) is 0 Å². The first kappa shape index (κ1) is 20.1. The van der Waals surface area contributed by atoms with E-state index in [4.69, 9.17) is 11.6 Å². The van der Waals surface area contributed by atoms with Gasteiger partial charge in [-0.2, -0.15) is 4.31 Å². The Morgan fingerprint density at radius 1 is 1.18 bits per heavy atom. The van der Waals surface area contributed by atoms with Crippen LogP contribution in [-0.4, -0.2) is 59.6 Å². The highest BCUT2D eigenvalue weighted by Gasteiger charge is 2.32. The molecule has 0 N–H and O–H groups in total. The van der Waals surface area contributed by atoms with Gasteiger partial charge in [-0.3, -0.25) is 14.9 Å². The van der Waals surface area contributed by atoms with Gasteiger partial charge in [0.1, 0.15) is 5.15 Å². The van der Waals surface area contributed by atoms with Gasteiger partial charge in [-0.05, 0) is 18.2 Å². The van der Waals surface area contributed by atoms with E-state index >= 15 is 0 Å². The third kappa shape index (κ3) is 3.96. The number of sulfonamides is 1. The molecule has 0 unspecified atom stereocenters. The second kappa shape index (κ2) is 7.78. The Morgan fingerprint density at radius 3 is 2.50 bits per heavy atom. The minimum absolute atomic E-state index is 0.0145. The molecule has 12 heteroatoms. The molecule has 0 saturated carbocycles. The van der Waals surface area contributed by atoms with Crippen LogP contribution in [0.3, 0.4) is 0 Å². The number of hydrogen-bond acceptors (Lipinski definition) is 6. The summed E-state index contributed by atoms with van der Waals surface area (Å²) in [6.07, 6.45) is 0. The van der Waals surface area contributed by atoms with Gasteiger partial charge in [0.05, 0.1) is 9.82 Å². The Hall–Kier alpha value is -2.63. The zero-order valence-corrected chi connectivity index (χ0v) is 15.9. The standard InChI is InChI=1S/C16H14ClFN4O5S/c17-14-5-4-13(18)15(19-14)16(23)20-6-8-21(9-7-20)28(26,27)12-3-1-2-11(10-12)22(24)25/h1-5,10H,6-9H2. The summed E-state index contributed by atoms with van der Waals surface area (Å²) in [6, 6.07) is 6.99. The fourth-order valence-electron chi connectivity index (χ4n) is 2.76. The summed E-state index contributed by atoms with van der Waals surface area (Å²) in [5.74, 6) is -1.51. The first-order valence-corrected chi connectivity index (χ1v) is 9.88. The lowest BCUT2D eigenvalue weighted by Gasteiger charge is -2.33. The van der Waals surface area contributed by atoms with Crippen molar-refractivity contribution in [3.05, 3.63) is 63.2 Å². The number of non-ortho nitro benzene ring substituents is 1. The fraction of sp³-hybridized carbons (Fsp3) is 0.250. The van der Waals surface area contributed by atoms with Gasteiger partial charge in [0.2, 0.25) is 10.0 Å². The highest BCUT2D eigenvalue weighted by atomic mass is 35.5. The molecule has 1 amide bonds. The summed E-state index contributed by atoms with van der Waals surface area (Å²) < 4.78 is 40.4. The summed E-state index contributed by atoms with van der Waals surface area (Å²) in [5, 5.41) is 10.8. The fourth-order valence-corrected chi connectivity index (χ4v) is 4.37. The van der Waals surface area contributed by atoms with Crippen molar-refractivity contribution in [1.29, 1.82) is 0 Å². The number of carbonyl (C=O) groups is 1. The van der Waals surface area contributed by atoms with Gasteiger partial charge in [0, 0.05) is 38.3 Å². The molecule has 1 aromatic carbocycles. The van der Waals surface area contributed by atoms with Gasteiger partial charge in [-0.25, -0.2) is 17.8 Å². The van der Waals surface area contributed by atoms with Crippen molar-refractivity contribution in [2.45, 2.75) is 4.90 Å². The Labute approximate surface area is 164 Å². The van der Waals surface area contributed by atoms with Crippen LogP contribution in [0.1, 0.15) is 10.5 Å². The molecule has 1 fully saturated rings. The molecule has 28 heavy (non-hydrogen) atoms. The van der Waals surface area contributed by atoms with Gasteiger partial charge in [-0.1, -0.05) is 17.7 Å². The Morgan fingerprint density at radius 2 is 1.86 bits per heavy atom. The lowest BCUT2D eigenvalue weighted by atomic mass is 10.2. The third-order valence-corrected chi connectivity index (χ3v) is 6.31. The minimum atomic E-state index is -3.97. The number of piperazine rings is 1. The second-order valence-corrected chi connectivity index (χ2v) is 8.24. The maximum atomic E-state index is 13.8. The summed E-state index contributed by atoms with van der Waals surface area (Å²) in [4.78, 5) is 27.4. The van der Waals surface area contributed by atoms with E-state index in [1.54, 1.807) is 0 Å². The van der Waals surface area contributed by atoms with Gasteiger partial charge < -0.3 is 4.90 Å². The SMILES string of the molecule is O=C(c1nc(Cl)ccc1F)N1CCN(S(=O)(=O)c2cccc([N+](=O)[O-])c2)CC1. The van der Waals surface area contributed by atoms with Crippen LogP contribution >= 0.6 is 11.6 Å². The topological polar surface area (TPSA) is 114 Å². The third-order valence-electron chi connectivity index (χ3n) is 4.21. The van der Waals surface area contributed by atoms with Crippen LogP contribution in [0.4, 0.5) is 10.1 Å². The Bertz CT molecular complexity index is 1040. The number of amides is 1. The predicted octanol–water partition coefficient (Wildman–Crippen LogP) is 1.93. The van der Waals surface area contributed by atoms with E-state index in [-0.39, 0.29) is 41.9 Å². The lowest BCUT2D eigenvalue weighted by molar-refractivity contribution is -0.385. The van der Waals surface area contributed by atoms with Crippen LogP contribution in [0, 0.1) is 15.9 Å². The van der Waals surface area contributed by atoms with Crippen LogP contribution in [0.5, 0.6) is 0 Å². The van der Waals surface area contributed by atoms with Crippen molar-refractivity contribution in [3.63, 3.8) is 0 Å². The van der Waals surface area contributed by atoms with E-state index < -0.39 is 32.4 Å². The Kier molecular flexibility index (Phi) is 5.59. The van der Waals surface area contributed by atoms with Crippen LogP contribution < -0.4 is 0 Å². The molecule has 2 aromatic rings. The van der Waals surface area contributed by atoms with E-state index in [0.717, 1.165) is 16.4 Å². The number of pyridine rings is 1. The van der Waals surface area contributed by atoms with E-state index in [2.05, 4.69) is 4.98 Å². The maximum Gasteiger partial charge on any atom is 0.275 e. The molecule has 0 aliphatic carbocycles. The monoisotopic (exact) mass is 428 g/mol. The van der Waals surface area contributed by atoms with E-state index in [1.807, 2.05) is 0 Å². The molecule has 1 aliphatic rings. The van der Waals surface area contributed by atoms with E-state index in [9.17, 15) is 27.7 Å². The normalized spacial score (nSPS) is 15.4. The summed E-state index contributed by atoms with van der Waals surface area (Å²) >= 11 is 5.70. The molecule has 1 saturated heterocycles. The van der Waals surface area contributed by atoms with Crippen LogP contribution in [0.2, 0.25) is 5.15 Å². The number of nitrogens with zero attached hydrogens (tertiary/aromatic N) is 4. The first-order chi connectivity index (χ1) is 13.2. The predicted molar refractivity (Wildman–Crippen MR) is 97.0 cm³/mol. The molecule has 1 aliphatic heterocycles. The average molecular weight is 429 g/mol. The van der Waals surface area contributed by atoms with Gasteiger partial charge in [0.25, 0.3) is 11.6 Å². The highest BCUT2D eigenvalue weighted by molar-refractivity contribution is 7.89. The summed E-state index contributed by atoms with van der Waals surface area (Å²) in [5.41, 5.74) is -0.764. The van der Waals surface area contributed by atoms with Gasteiger partial charge in [0.15, 0.2) is 11.5 Å². The first-order valence-electron chi connectivity index (χ1n) is 8.06. The minimum Gasteiger partial charge on any atom is -0.335 e. The molecule has 2 heterocycles. The van der Waals surface area contributed by atoms with Crippen molar-refractivity contribution < 1.29 is 22.5 Å². The quantitative estimate of drug-likeness (QED) is 0.417. The number of halogens is 2. The van der Waals surface area contributed by atoms with Crippen molar-refractivity contribution >= 4 is 33.2 Å². The van der Waals surface area contributed by atoms with E-state index in [1.165, 1.54) is 29.2 Å². The number of hydrogen-bond donors (Lipinski definition) is 0. The lowest BCUT2D eigenvalue weighted by Crippen LogP contribution is -2.50. The summed E-state index contributed by atoms with van der Waals surface area (Å²) in [7, 11) is -3.97. The van der Waals surface area contributed by atoms with E-state index in [0.29, 0.717) is 0 Å². The smallest absolute Gasteiger partial charge is 0.275 e. The zero-order chi connectivity index (χ0) is 20.5. The van der Waals surface area contributed by atoms with Gasteiger partial charge in [-0.15, -0.1) is 0 Å². The number of rotatable bonds is 4. The van der Waals surface area contributed by atoms with Gasteiger partial charge >= 0.3 is 0 Å². The average Bonchev–Trinajstić information content (AvgIpc) is 2.69. The molecule has 9 nitrogen and oxygen atoms in total. The molecule has 0 spiro atoms. The largest absolute Gasteiger partial charge is 0.335 e. The number of benzene rings is 1. The molecule has 1 aromatic heterocycles. The van der Waals surface area contributed by atoms with Crippen LogP contribution in [0.15, 0.2) is 41.3 Å². The molecule has 148 valence electrons. The van der Waals surface area contributed by atoms with Crippen molar-refractivity contribution in [1.82, 2.24) is 14.2 Å². The number of carbonyl (C=O) groups excluding carboxylic acids is 1.